The molecular weight excluding hydrogens is 452 g/mol. The molecule has 1 aliphatic heterocycles. The van der Waals surface area contributed by atoms with Crippen molar-refractivity contribution in [1.82, 2.24) is 20.5 Å². The lowest BCUT2D eigenvalue weighted by Gasteiger charge is -2.30. The largest absolute Gasteiger partial charge is 0.419 e. The maximum Gasteiger partial charge on any atom is 0.248 e. The molecule has 34 heavy (non-hydrogen) atoms. The van der Waals surface area contributed by atoms with Crippen molar-refractivity contribution in [2.75, 3.05) is 36.0 Å². The van der Waals surface area contributed by atoms with Crippen molar-refractivity contribution < 1.29 is 12.8 Å². The molecule has 3 heterocycles. The van der Waals surface area contributed by atoms with Gasteiger partial charge < -0.3 is 15.1 Å². The summed E-state index contributed by atoms with van der Waals surface area (Å²) < 4.78 is 31.6. The summed E-state index contributed by atoms with van der Waals surface area (Å²) in [7, 11) is -1.99. The van der Waals surface area contributed by atoms with Crippen LogP contribution in [-0.2, 0) is 10.0 Å². The molecule has 3 aromatic rings. The van der Waals surface area contributed by atoms with E-state index in [-0.39, 0.29) is 12.0 Å². The summed E-state index contributed by atoms with van der Waals surface area (Å²) in [4.78, 5) is 4.51. The molecule has 2 aromatic heterocycles. The number of sulfonamides is 1. The molecule has 5 rings (SSSR count). The van der Waals surface area contributed by atoms with Crippen LogP contribution in [0.3, 0.4) is 0 Å². The molecule has 0 radical (unpaired) electrons. The lowest BCUT2D eigenvalue weighted by molar-refractivity contribution is 0.303. The van der Waals surface area contributed by atoms with Crippen molar-refractivity contribution >= 4 is 21.7 Å². The van der Waals surface area contributed by atoms with E-state index < -0.39 is 10.0 Å². The van der Waals surface area contributed by atoms with Gasteiger partial charge in [0.2, 0.25) is 21.8 Å². The van der Waals surface area contributed by atoms with E-state index in [4.69, 9.17) is 4.42 Å². The predicted octanol–water partition coefficient (Wildman–Crippen LogP) is 3.56. The molecule has 0 unspecified atom stereocenters. The van der Waals surface area contributed by atoms with Crippen molar-refractivity contribution in [2.45, 2.75) is 37.6 Å². The number of rotatable bonds is 8. The Hall–Kier alpha value is -2.98. The first-order chi connectivity index (χ1) is 16.4. The molecule has 1 aromatic carbocycles. The fourth-order valence-electron chi connectivity index (χ4n) is 4.32. The van der Waals surface area contributed by atoms with Gasteiger partial charge in [0.15, 0.2) is 0 Å². The fraction of sp³-hybridized carbons (Fsp3) is 0.458. The Bertz CT molecular complexity index is 1240. The SMILES string of the molecule is CN(c1cc(-c2nnc([C@H]3NCCC[C@H]3c3ccccc3)o2)cc(NCC2CC2)n1)S(C)(=O)=O. The highest BCUT2D eigenvalue weighted by Crippen LogP contribution is 2.38. The number of hydrogen-bond donors (Lipinski definition) is 2. The third-order valence-corrected chi connectivity index (χ3v) is 7.72. The van der Waals surface area contributed by atoms with Crippen molar-refractivity contribution in [3.05, 3.63) is 53.9 Å². The second-order valence-corrected chi connectivity index (χ2v) is 11.2. The lowest BCUT2D eigenvalue weighted by atomic mass is 9.85. The zero-order chi connectivity index (χ0) is 23.7. The summed E-state index contributed by atoms with van der Waals surface area (Å²) in [6.45, 7) is 1.69. The number of nitrogens with one attached hydrogen (secondary N) is 2. The van der Waals surface area contributed by atoms with Gasteiger partial charge in [-0.3, -0.25) is 4.31 Å². The van der Waals surface area contributed by atoms with E-state index >= 15 is 0 Å². The summed E-state index contributed by atoms with van der Waals surface area (Å²) in [5, 5.41) is 15.6. The molecule has 0 bridgehead atoms. The van der Waals surface area contributed by atoms with Crippen LogP contribution in [0.4, 0.5) is 11.6 Å². The number of aromatic nitrogens is 3. The standard InChI is InChI=1S/C24H30N6O3S/c1-30(34(2,31)32)21-14-18(13-20(27-21)26-15-16-10-11-16)23-28-29-24(33-23)22-19(9-6-12-25-22)17-7-4-3-5-8-17/h3-5,7-8,13-14,16,19,22,25H,6,9-12,15H2,1-2H3,(H,26,27)/t19-,22-/m0/s1. The Kier molecular flexibility index (Phi) is 6.26. The molecule has 2 aliphatic rings. The molecule has 1 aliphatic carbocycles. The van der Waals surface area contributed by atoms with Crippen LogP contribution in [0.15, 0.2) is 46.9 Å². The molecule has 9 nitrogen and oxygen atoms in total. The van der Waals surface area contributed by atoms with Gasteiger partial charge in [0.1, 0.15) is 11.6 Å². The third kappa shape index (κ3) is 5.07. The number of nitrogens with zero attached hydrogens (tertiary/aromatic N) is 4. The Morgan fingerprint density at radius 2 is 1.94 bits per heavy atom. The van der Waals surface area contributed by atoms with Gasteiger partial charge >= 0.3 is 0 Å². The quantitative estimate of drug-likeness (QED) is 0.501. The second-order valence-electron chi connectivity index (χ2n) is 9.19. The van der Waals surface area contributed by atoms with Gasteiger partial charge in [-0.1, -0.05) is 30.3 Å². The van der Waals surface area contributed by atoms with Crippen LogP contribution in [-0.4, -0.2) is 50.0 Å². The number of benzene rings is 1. The highest BCUT2D eigenvalue weighted by Gasteiger charge is 2.32. The van der Waals surface area contributed by atoms with Gasteiger partial charge in [-0.15, -0.1) is 10.2 Å². The minimum Gasteiger partial charge on any atom is -0.419 e. The molecule has 180 valence electrons. The lowest BCUT2D eigenvalue weighted by Crippen LogP contribution is -2.33. The van der Waals surface area contributed by atoms with Crippen LogP contribution in [0.2, 0.25) is 0 Å². The minimum absolute atomic E-state index is 0.0788. The molecule has 1 saturated heterocycles. The van der Waals surface area contributed by atoms with Crippen LogP contribution in [0.1, 0.15) is 49.1 Å². The van der Waals surface area contributed by atoms with Crippen molar-refractivity contribution in [1.29, 1.82) is 0 Å². The average Bonchev–Trinajstić information content (AvgIpc) is 3.55. The number of piperidine rings is 1. The van der Waals surface area contributed by atoms with E-state index in [0.717, 1.165) is 36.5 Å². The van der Waals surface area contributed by atoms with E-state index in [9.17, 15) is 8.42 Å². The van der Waals surface area contributed by atoms with Gasteiger partial charge in [-0.25, -0.2) is 13.4 Å². The molecule has 2 N–H and O–H groups in total. The summed E-state index contributed by atoms with van der Waals surface area (Å²) in [5.41, 5.74) is 1.87. The van der Waals surface area contributed by atoms with Gasteiger partial charge in [0.05, 0.1) is 12.3 Å². The molecule has 10 heteroatoms. The van der Waals surface area contributed by atoms with E-state index in [2.05, 4.69) is 37.9 Å². The Balaban J connectivity index is 1.46. The topological polar surface area (TPSA) is 113 Å². The van der Waals surface area contributed by atoms with Crippen LogP contribution < -0.4 is 14.9 Å². The predicted molar refractivity (Wildman–Crippen MR) is 131 cm³/mol. The molecule has 0 spiro atoms. The summed E-state index contributed by atoms with van der Waals surface area (Å²) >= 11 is 0. The first kappa shape index (κ1) is 22.8. The Morgan fingerprint density at radius 1 is 1.15 bits per heavy atom. The minimum atomic E-state index is -3.47. The van der Waals surface area contributed by atoms with Gasteiger partial charge in [-0.2, -0.15) is 0 Å². The maximum absolute atomic E-state index is 12.2. The summed E-state index contributed by atoms with van der Waals surface area (Å²) in [6.07, 6.45) is 5.67. The van der Waals surface area contributed by atoms with E-state index in [1.54, 1.807) is 6.07 Å². The van der Waals surface area contributed by atoms with E-state index in [1.807, 2.05) is 24.3 Å². The smallest absolute Gasteiger partial charge is 0.248 e. The maximum atomic E-state index is 12.2. The van der Waals surface area contributed by atoms with Gasteiger partial charge in [0, 0.05) is 25.1 Å². The average molecular weight is 483 g/mol. The zero-order valence-corrected chi connectivity index (χ0v) is 20.3. The van der Waals surface area contributed by atoms with Crippen LogP contribution in [0.5, 0.6) is 0 Å². The van der Waals surface area contributed by atoms with Gasteiger partial charge in [0.25, 0.3) is 0 Å². The number of hydrogen-bond acceptors (Lipinski definition) is 8. The molecular formula is C24H30N6O3S. The second kappa shape index (κ2) is 9.34. The molecule has 2 atom stereocenters. The summed E-state index contributed by atoms with van der Waals surface area (Å²) in [5.74, 6) is 2.65. The van der Waals surface area contributed by atoms with E-state index in [0.29, 0.717) is 34.9 Å². The molecule has 0 amide bonds. The highest BCUT2D eigenvalue weighted by atomic mass is 32.2. The van der Waals surface area contributed by atoms with E-state index in [1.165, 1.54) is 25.5 Å². The number of anilines is 2. The molecule has 1 saturated carbocycles. The summed E-state index contributed by atoms with van der Waals surface area (Å²) in [6, 6.07) is 13.8. The number of pyridine rings is 1. The fourth-order valence-corrected chi connectivity index (χ4v) is 4.75. The van der Waals surface area contributed by atoms with Crippen molar-refractivity contribution in [3.8, 4) is 11.5 Å². The normalized spacial score (nSPS) is 20.8. The zero-order valence-electron chi connectivity index (χ0n) is 19.4. The Morgan fingerprint density at radius 3 is 2.68 bits per heavy atom. The van der Waals surface area contributed by atoms with Crippen LogP contribution in [0, 0.1) is 5.92 Å². The first-order valence-corrected chi connectivity index (χ1v) is 13.6. The van der Waals surface area contributed by atoms with Crippen LogP contribution in [0.25, 0.3) is 11.5 Å². The monoisotopic (exact) mass is 482 g/mol. The first-order valence-electron chi connectivity index (χ1n) is 11.7. The van der Waals surface area contributed by atoms with Crippen LogP contribution >= 0.6 is 0 Å². The Labute approximate surface area is 200 Å². The van der Waals surface area contributed by atoms with Gasteiger partial charge in [-0.05, 0) is 55.8 Å². The molecule has 2 fully saturated rings. The highest BCUT2D eigenvalue weighted by molar-refractivity contribution is 7.92. The third-order valence-electron chi connectivity index (χ3n) is 6.54. The van der Waals surface area contributed by atoms with Crippen molar-refractivity contribution in [2.24, 2.45) is 5.92 Å². The van der Waals surface area contributed by atoms with Crippen molar-refractivity contribution in [3.63, 3.8) is 0 Å².